The lowest BCUT2D eigenvalue weighted by molar-refractivity contribution is -0.132. The van der Waals surface area contributed by atoms with Crippen LogP contribution in [-0.2, 0) is 16.0 Å². The number of Topliss-reactive ketones (excluding diaryl/α,β-unsaturated/α-hetero) is 1. The summed E-state index contributed by atoms with van der Waals surface area (Å²) in [6.07, 6.45) is 0.625. The monoisotopic (exact) mass is 495 g/mol. The third-order valence-electron chi connectivity index (χ3n) is 5.74. The van der Waals surface area contributed by atoms with Crippen molar-refractivity contribution in [3.8, 4) is 17.2 Å². The molecule has 1 atom stereocenters. The molecule has 9 nitrogen and oxygen atoms in total. The minimum absolute atomic E-state index is 0.0682. The normalized spacial score (nSPS) is 17.1. The van der Waals surface area contributed by atoms with Crippen LogP contribution >= 0.6 is 11.3 Å². The Morgan fingerprint density at radius 1 is 1.03 bits per heavy atom. The van der Waals surface area contributed by atoms with E-state index in [1.54, 1.807) is 24.3 Å². The molecular formula is C25H25N3O6S. The van der Waals surface area contributed by atoms with Gasteiger partial charge in [0, 0.05) is 5.56 Å². The van der Waals surface area contributed by atoms with Crippen molar-refractivity contribution in [3.63, 3.8) is 0 Å². The first-order valence-corrected chi connectivity index (χ1v) is 11.7. The molecule has 2 aromatic carbocycles. The number of carbonyl (C=O) groups is 2. The zero-order chi connectivity index (χ0) is 25.3. The molecule has 1 fully saturated rings. The Balaban J connectivity index is 1.99. The highest BCUT2D eigenvalue weighted by atomic mass is 32.1. The maximum atomic E-state index is 13.3. The van der Waals surface area contributed by atoms with Crippen LogP contribution in [-0.4, -0.2) is 48.3 Å². The number of aryl methyl sites for hydroxylation is 2. The highest BCUT2D eigenvalue weighted by Crippen LogP contribution is 2.47. The summed E-state index contributed by atoms with van der Waals surface area (Å²) in [6, 6.07) is 9.33. The van der Waals surface area contributed by atoms with Crippen molar-refractivity contribution in [2.75, 3.05) is 26.2 Å². The number of aromatic nitrogens is 2. The lowest BCUT2D eigenvalue weighted by atomic mass is 9.94. The largest absolute Gasteiger partial charge is 0.507 e. The minimum Gasteiger partial charge on any atom is -0.507 e. The Hall–Kier alpha value is -3.92. The van der Waals surface area contributed by atoms with E-state index < -0.39 is 17.7 Å². The highest BCUT2D eigenvalue weighted by Gasteiger charge is 2.48. The lowest BCUT2D eigenvalue weighted by Crippen LogP contribution is -2.29. The second-order valence-corrected chi connectivity index (χ2v) is 8.87. The fourth-order valence-electron chi connectivity index (χ4n) is 3.96. The first kappa shape index (κ1) is 24.2. The van der Waals surface area contributed by atoms with E-state index in [4.69, 9.17) is 14.2 Å². The van der Waals surface area contributed by atoms with E-state index in [2.05, 4.69) is 10.2 Å². The molecule has 1 N–H and O–H groups in total. The number of ketones is 1. The van der Waals surface area contributed by atoms with E-state index in [0.717, 1.165) is 5.56 Å². The predicted octanol–water partition coefficient (Wildman–Crippen LogP) is 4.06. The maximum absolute atomic E-state index is 13.3. The number of benzene rings is 2. The molecule has 2 heterocycles. The SMILES string of the molecule is CCc1nnc(N2C(=O)C(=O)/C(=C(/O)c3ccc(C)cc3)C2c2cc(OC)c(OC)c(OC)c2)s1. The number of aliphatic hydroxyl groups is 1. The van der Waals surface area contributed by atoms with Gasteiger partial charge in [0.25, 0.3) is 5.78 Å². The average Bonchev–Trinajstić information content (AvgIpc) is 3.45. The van der Waals surface area contributed by atoms with E-state index in [-0.39, 0.29) is 16.5 Å². The summed E-state index contributed by atoms with van der Waals surface area (Å²) in [5.41, 5.74) is 1.81. The number of nitrogens with zero attached hydrogens (tertiary/aromatic N) is 3. The van der Waals surface area contributed by atoms with Gasteiger partial charge in [0.2, 0.25) is 10.9 Å². The Bertz CT molecular complexity index is 1290. The van der Waals surface area contributed by atoms with E-state index in [9.17, 15) is 14.7 Å². The quantitative estimate of drug-likeness (QED) is 0.297. The molecule has 1 aromatic heterocycles. The van der Waals surface area contributed by atoms with Gasteiger partial charge >= 0.3 is 5.91 Å². The topological polar surface area (TPSA) is 111 Å². The van der Waals surface area contributed by atoms with Crippen LogP contribution in [0.3, 0.4) is 0 Å². The van der Waals surface area contributed by atoms with Crippen LogP contribution in [0.2, 0.25) is 0 Å². The van der Waals surface area contributed by atoms with Crippen LogP contribution in [0.5, 0.6) is 17.2 Å². The molecule has 0 spiro atoms. The Morgan fingerprint density at radius 2 is 1.66 bits per heavy atom. The molecule has 0 radical (unpaired) electrons. The Labute approximate surface area is 206 Å². The average molecular weight is 496 g/mol. The van der Waals surface area contributed by atoms with E-state index in [1.807, 2.05) is 26.0 Å². The number of anilines is 1. The van der Waals surface area contributed by atoms with Crippen LogP contribution in [0.1, 0.15) is 34.7 Å². The molecule has 10 heteroatoms. The molecule has 1 unspecified atom stereocenters. The number of methoxy groups -OCH3 is 3. The summed E-state index contributed by atoms with van der Waals surface area (Å²) in [6.45, 7) is 3.84. The Kier molecular flexibility index (Phi) is 6.74. The third kappa shape index (κ3) is 4.21. The zero-order valence-electron chi connectivity index (χ0n) is 20.0. The predicted molar refractivity (Wildman–Crippen MR) is 131 cm³/mol. The first-order valence-electron chi connectivity index (χ1n) is 10.8. The van der Waals surface area contributed by atoms with E-state index >= 15 is 0 Å². The summed E-state index contributed by atoms with van der Waals surface area (Å²) >= 11 is 1.21. The van der Waals surface area contributed by atoms with Crippen molar-refractivity contribution < 1.29 is 28.9 Å². The minimum atomic E-state index is -0.998. The summed E-state index contributed by atoms with van der Waals surface area (Å²) in [4.78, 5) is 27.9. The lowest BCUT2D eigenvalue weighted by Gasteiger charge is -2.24. The second-order valence-electron chi connectivity index (χ2n) is 7.83. The number of rotatable bonds is 7. The summed E-state index contributed by atoms with van der Waals surface area (Å²) < 4.78 is 16.4. The van der Waals surface area contributed by atoms with Gasteiger partial charge in [0.1, 0.15) is 10.8 Å². The molecule has 0 aliphatic carbocycles. The van der Waals surface area contributed by atoms with Gasteiger partial charge in [-0.2, -0.15) is 0 Å². The number of amides is 1. The molecule has 0 saturated carbocycles. The van der Waals surface area contributed by atoms with Gasteiger partial charge in [0.05, 0.1) is 32.9 Å². The number of ether oxygens (including phenoxy) is 3. The van der Waals surface area contributed by atoms with Gasteiger partial charge < -0.3 is 19.3 Å². The van der Waals surface area contributed by atoms with Gasteiger partial charge in [-0.3, -0.25) is 14.5 Å². The van der Waals surface area contributed by atoms with Crippen LogP contribution in [0.4, 0.5) is 5.13 Å². The number of hydrogen-bond donors (Lipinski definition) is 1. The maximum Gasteiger partial charge on any atom is 0.301 e. The molecule has 1 aliphatic rings. The van der Waals surface area contributed by atoms with Crippen LogP contribution in [0.15, 0.2) is 42.0 Å². The van der Waals surface area contributed by atoms with Crippen molar-refractivity contribution in [1.29, 1.82) is 0 Å². The Morgan fingerprint density at radius 3 is 2.17 bits per heavy atom. The fourth-order valence-corrected chi connectivity index (χ4v) is 4.76. The van der Waals surface area contributed by atoms with Crippen molar-refractivity contribution in [3.05, 3.63) is 63.7 Å². The smallest absolute Gasteiger partial charge is 0.301 e. The van der Waals surface area contributed by atoms with Crippen molar-refractivity contribution in [1.82, 2.24) is 10.2 Å². The molecule has 1 aliphatic heterocycles. The van der Waals surface area contributed by atoms with E-state index in [0.29, 0.717) is 39.8 Å². The number of hydrogen-bond acceptors (Lipinski definition) is 9. The fraction of sp³-hybridized carbons (Fsp3) is 0.280. The zero-order valence-corrected chi connectivity index (χ0v) is 20.8. The van der Waals surface area contributed by atoms with E-state index in [1.165, 1.54) is 37.6 Å². The van der Waals surface area contributed by atoms with Crippen LogP contribution in [0, 0.1) is 6.92 Å². The molecule has 35 heavy (non-hydrogen) atoms. The molecular weight excluding hydrogens is 470 g/mol. The second kappa shape index (κ2) is 9.75. The molecule has 182 valence electrons. The van der Waals surface area contributed by atoms with Crippen molar-refractivity contribution >= 4 is 33.9 Å². The number of aliphatic hydroxyl groups excluding tert-OH is 1. The van der Waals surface area contributed by atoms with Crippen molar-refractivity contribution in [2.24, 2.45) is 0 Å². The number of carbonyl (C=O) groups excluding carboxylic acids is 2. The van der Waals surface area contributed by atoms with Crippen LogP contribution < -0.4 is 19.1 Å². The first-order chi connectivity index (χ1) is 16.8. The van der Waals surface area contributed by atoms with Gasteiger partial charge in [-0.25, -0.2) is 0 Å². The standard InChI is InChI=1S/C25H25N3O6S/c1-6-18-26-27-25(35-18)28-20(15-11-16(32-3)23(34-5)17(12-15)33-4)19(22(30)24(28)31)21(29)14-9-7-13(2)8-10-14/h7-12,20,29H,6H2,1-5H3/b21-19+. The summed E-state index contributed by atoms with van der Waals surface area (Å²) in [5, 5.41) is 20.5. The molecule has 0 bridgehead atoms. The van der Waals surface area contributed by atoms with Gasteiger partial charge in [-0.1, -0.05) is 48.1 Å². The van der Waals surface area contributed by atoms with Gasteiger partial charge in [-0.05, 0) is 31.0 Å². The molecule has 1 amide bonds. The van der Waals surface area contributed by atoms with Crippen molar-refractivity contribution in [2.45, 2.75) is 26.3 Å². The molecule has 4 rings (SSSR count). The third-order valence-corrected chi connectivity index (χ3v) is 6.80. The summed E-state index contributed by atoms with van der Waals surface area (Å²) in [7, 11) is 4.43. The van der Waals surface area contributed by atoms with Crippen LogP contribution in [0.25, 0.3) is 5.76 Å². The van der Waals surface area contributed by atoms with Gasteiger partial charge in [0.15, 0.2) is 11.5 Å². The highest BCUT2D eigenvalue weighted by molar-refractivity contribution is 7.15. The molecule has 1 saturated heterocycles. The molecule has 3 aromatic rings. The summed E-state index contributed by atoms with van der Waals surface area (Å²) in [5.74, 6) is -0.877. The van der Waals surface area contributed by atoms with Gasteiger partial charge in [-0.15, -0.1) is 10.2 Å².